The Labute approximate surface area is 160 Å². The maximum atomic E-state index is 10.8. The summed E-state index contributed by atoms with van der Waals surface area (Å²) in [5.74, 6) is -3.24. The summed E-state index contributed by atoms with van der Waals surface area (Å²) in [6, 6.07) is 9.13. The monoisotopic (exact) mass is 413 g/mol. The van der Waals surface area contributed by atoms with Gasteiger partial charge in [0, 0.05) is 12.4 Å². The third-order valence-corrected chi connectivity index (χ3v) is 3.43. The summed E-state index contributed by atoms with van der Waals surface area (Å²) in [6.07, 6.45) is -1.65. The molecule has 0 aliphatic rings. The fourth-order valence-corrected chi connectivity index (χ4v) is 2.11. The molecule has 0 amide bonds. The van der Waals surface area contributed by atoms with Crippen molar-refractivity contribution in [3.63, 3.8) is 0 Å². The molecule has 3 rings (SSSR count). The first-order chi connectivity index (χ1) is 13.6. The number of aliphatic hydroxyl groups is 1. The third kappa shape index (κ3) is 5.90. The molecule has 0 aliphatic heterocycles. The molecule has 2 heterocycles. The van der Waals surface area contributed by atoms with Crippen LogP contribution in [-0.2, 0) is 11.3 Å². The van der Waals surface area contributed by atoms with Crippen LogP contribution in [0.2, 0.25) is 0 Å². The van der Waals surface area contributed by atoms with Crippen LogP contribution < -0.4 is 0 Å². The van der Waals surface area contributed by atoms with E-state index in [2.05, 4.69) is 9.97 Å². The van der Waals surface area contributed by atoms with Crippen molar-refractivity contribution in [1.82, 2.24) is 14.5 Å². The van der Waals surface area contributed by atoms with E-state index < -0.39 is 24.2 Å². The number of imidazole rings is 1. The number of hydrogen-bond donors (Lipinski definition) is 3. The maximum Gasteiger partial charge on any atom is 0.490 e. The molecule has 12 heteroatoms. The molecule has 3 aromatic rings. The molecule has 29 heavy (non-hydrogen) atoms. The fourth-order valence-electron chi connectivity index (χ4n) is 2.11. The first-order valence-corrected chi connectivity index (χ1v) is 7.81. The molecule has 9 nitrogen and oxygen atoms in total. The van der Waals surface area contributed by atoms with Crippen LogP contribution in [-0.4, -0.2) is 48.0 Å². The molecule has 0 aliphatic carbocycles. The first-order valence-electron chi connectivity index (χ1n) is 7.81. The van der Waals surface area contributed by atoms with Crippen molar-refractivity contribution in [2.75, 3.05) is 0 Å². The third-order valence-electron chi connectivity index (χ3n) is 3.43. The average molecular weight is 413 g/mol. The molecular formula is C17H14F3N3O6. The molecule has 0 fully saturated rings. The lowest BCUT2D eigenvalue weighted by Gasteiger charge is -2.12. The Morgan fingerprint density at radius 3 is 2.31 bits per heavy atom. The minimum absolute atomic E-state index is 0.153. The zero-order chi connectivity index (χ0) is 21.6. The van der Waals surface area contributed by atoms with Gasteiger partial charge in [-0.05, 0) is 5.56 Å². The second-order valence-corrected chi connectivity index (χ2v) is 5.46. The van der Waals surface area contributed by atoms with E-state index in [-0.39, 0.29) is 18.1 Å². The molecule has 1 atom stereocenters. The van der Waals surface area contributed by atoms with Crippen molar-refractivity contribution in [1.29, 1.82) is 0 Å². The highest BCUT2D eigenvalue weighted by Gasteiger charge is 2.38. The lowest BCUT2D eigenvalue weighted by atomic mass is 10.1. The van der Waals surface area contributed by atoms with Gasteiger partial charge < -0.3 is 24.3 Å². The van der Waals surface area contributed by atoms with Gasteiger partial charge >= 0.3 is 18.1 Å². The quantitative estimate of drug-likeness (QED) is 0.579. The van der Waals surface area contributed by atoms with Crippen LogP contribution in [0.15, 0.2) is 53.4 Å². The lowest BCUT2D eigenvalue weighted by Crippen LogP contribution is -2.21. The Kier molecular flexibility index (Phi) is 6.72. The SMILES string of the molecule is O=C(O)C(F)(F)F.O=C(O)c1coc(Cn2ccnc2C(O)c2ccccc2)n1. The Morgan fingerprint density at radius 1 is 1.17 bits per heavy atom. The highest BCUT2D eigenvalue weighted by Crippen LogP contribution is 2.21. The topological polar surface area (TPSA) is 139 Å². The zero-order valence-corrected chi connectivity index (χ0v) is 14.4. The predicted octanol–water partition coefficient (Wildman–Crippen LogP) is 2.33. The number of carboxylic acids is 2. The number of nitrogens with zero attached hydrogens (tertiary/aromatic N) is 3. The highest BCUT2D eigenvalue weighted by atomic mass is 19.4. The second-order valence-electron chi connectivity index (χ2n) is 5.46. The number of benzene rings is 1. The van der Waals surface area contributed by atoms with Crippen molar-refractivity contribution in [3.8, 4) is 0 Å². The van der Waals surface area contributed by atoms with E-state index in [1.807, 2.05) is 18.2 Å². The zero-order valence-electron chi connectivity index (χ0n) is 14.4. The molecular weight excluding hydrogens is 399 g/mol. The van der Waals surface area contributed by atoms with Gasteiger partial charge in [0.1, 0.15) is 24.7 Å². The number of hydrogen-bond acceptors (Lipinski definition) is 6. The molecule has 0 spiro atoms. The molecule has 0 saturated carbocycles. The number of carbonyl (C=O) groups is 2. The van der Waals surface area contributed by atoms with E-state index in [4.69, 9.17) is 19.4 Å². The number of alkyl halides is 3. The van der Waals surface area contributed by atoms with E-state index in [0.717, 1.165) is 6.26 Å². The van der Waals surface area contributed by atoms with Gasteiger partial charge in [-0.3, -0.25) is 0 Å². The second kappa shape index (κ2) is 9.01. The minimum atomic E-state index is -5.08. The summed E-state index contributed by atoms with van der Waals surface area (Å²) in [5, 5.41) is 26.4. The molecule has 1 aromatic carbocycles. The summed E-state index contributed by atoms with van der Waals surface area (Å²) >= 11 is 0. The van der Waals surface area contributed by atoms with Crippen molar-refractivity contribution >= 4 is 11.9 Å². The molecule has 0 bridgehead atoms. The summed E-state index contributed by atoms with van der Waals surface area (Å²) in [7, 11) is 0. The van der Waals surface area contributed by atoms with Crippen LogP contribution in [0.25, 0.3) is 0 Å². The van der Waals surface area contributed by atoms with Crippen LogP contribution in [0.3, 0.4) is 0 Å². The Balaban J connectivity index is 0.000000370. The van der Waals surface area contributed by atoms with Crippen molar-refractivity contribution in [3.05, 3.63) is 72.0 Å². The predicted molar refractivity (Wildman–Crippen MR) is 89.0 cm³/mol. The van der Waals surface area contributed by atoms with Gasteiger partial charge in [-0.2, -0.15) is 13.2 Å². The van der Waals surface area contributed by atoms with Gasteiger partial charge in [0.25, 0.3) is 0 Å². The van der Waals surface area contributed by atoms with Crippen LogP contribution in [0.4, 0.5) is 13.2 Å². The molecule has 3 N–H and O–H groups in total. The van der Waals surface area contributed by atoms with Gasteiger partial charge in [-0.1, -0.05) is 30.3 Å². The van der Waals surface area contributed by atoms with Gasteiger partial charge in [0.2, 0.25) is 5.89 Å². The molecule has 0 radical (unpaired) electrons. The first kappa shape index (κ1) is 21.6. The van der Waals surface area contributed by atoms with E-state index in [1.165, 1.54) is 0 Å². The largest absolute Gasteiger partial charge is 0.490 e. The number of halogens is 3. The van der Waals surface area contributed by atoms with Crippen LogP contribution in [0.5, 0.6) is 0 Å². The normalized spacial score (nSPS) is 12.0. The van der Waals surface area contributed by atoms with Crippen molar-refractivity contribution in [2.24, 2.45) is 0 Å². The number of aromatic nitrogens is 3. The Bertz CT molecular complexity index is 968. The smallest absolute Gasteiger partial charge is 0.476 e. The number of aliphatic carboxylic acids is 1. The number of aliphatic hydroxyl groups excluding tert-OH is 1. The number of carboxylic acid groups (broad SMARTS) is 2. The summed E-state index contributed by atoms with van der Waals surface area (Å²) in [5.41, 5.74) is 0.564. The molecule has 154 valence electrons. The Morgan fingerprint density at radius 2 is 1.79 bits per heavy atom. The summed E-state index contributed by atoms with van der Waals surface area (Å²) in [4.78, 5) is 27.7. The fraction of sp³-hybridized carbons (Fsp3) is 0.176. The van der Waals surface area contributed by atoms with Gasteiger partial charge in [-0.15, -0.1) is 0 Å². The van der Waals surface area contributed by atoms with E-state index >= 15 is 0 Å². The summed E-state index contributed by atoms with van der Waals surface area (Å²) in [6.45, 7) is 0.187. The maximum absolute atomic E-state index is 10.8. The number of oxazole rings is 1. The van der Waals surface area contributed by atoms with Crippen LogP contribution in [0.1, 0.15) is 33.9 Å². The van der Waals surface area contributed by atoms with Crippen molar-refractivity contribution in [2.45, 2.75) is 18.8 Å². The highest BCUT2D eigenvalue weighted by molar-refractivity contribution is 5.84. The number of aromatic carboxylic acids is 1. The average Bonchev–Trinajstić information content (AvgIpc) is 3.31. The Hall–Kier alpha value is -3.67. The van der Waals surface area contributed by atoms with Crippen LogP contribution in [0, 0.1) is 0 Å². The van der Waals surface area contributed by atoms with Gasteiger partial charge in [-0.25, -0.2) is 19.6 Å². The van der Waals surface area contributed by atoms with Gasteiger partial charge in [0.15, 0.2) is 5.69 Å². The minimum Gasteiger partial charge on any atom is -0.476 e. The van der Waals surface area contributed by atoms with Gasteiger partial charge in [0.05, 0.1) is 0 Å². The van der Waals surface area contributed by atoms with Crippen LogP contribution >= 0.6 is 0 Å². The lowest BCUT2D eigenvalue weighted by molar-refractivity contribution is -0.192. The summed E-state index contributed by atoms with van der Waals surface area (Å²) < 4.78 is 38.5. The molecule has 0 saturated heterocycles. The van der Waals surface area contributed by atoms with E-state index in [9.17, 15) is 23.1 Å². The van der Waals surface area contributed by atoms with E-state index in [0.29, 0.717) is 11.4 Å². The van der Waals surface area contributed by atoms with Crippen molar-refractivity contribution < 1.29 is 42.5 Å². The molecule has 1 unspecified atom stereocenters. The van der Waals surface area contributed by atoms with E-state index in [1.54, 1.807) is 29.1 Å². The molecule has 2 aromatic heterocycles. The number of rotatable bonds is 5. The standard InChI is InChI=1S/C15H13N3O4.C2HF3O2/c19-13(10-4-2-1-3-5-10)14-16-6-7-18(14)8-12-17-11(9-22-12)15(20)21;3-2(4,5)1(6)7/h1-7,9,13,19H,8H2,(H,20,21);(H,6,7).